The first-order chi connectivity index (χ1) is 19.7. The Balaban J connectivity index is 1.42. The maximum atomic E-state index is 13.4. The van der Waals surface area contributed by atoms with E-state index in [-0.39, 0.29) is 37.2 Å². The van der Waals surface area contributed by atoms with Crippen LogP contribution in [0.5, 0.6) is 0 Å². The highest BCUT2D eigenvalue weighted by Crippen LogP contribution is 2.31. The summed E-state index contributed by atoms with van der Waals surface area (Å²) in [5.74, 6) is -1.29. The van der Waals surface area contributed by atoms with Crippen molar-refractivity contribution in [3.63, 3.8) is 0 Å². The number of nitrogens with one attached hydrogen (secondary N) is 3. The SMILES string of the molecule is CC(=O)Nc1ccccc1N1CC(C(=O)N[C@@H](Cc2ccccc2)[C@H](O)CNCc2cccc(N(C)C)c2)CC1=O. The van der Waals surface area contributed by atoms with Gasteiger partial charge in [0.15, 0.2) is 0 Å². The maximum Gasteiger partial charge on any atom is 0.227 e. The number of amides is 3. The number of aliphatic hydroxyl groups is 1. The lowest BCUT2D eigenvalue weighted by atomic mass is 9.99. The number of nitrogens with zero attached hydrogens (tertiary/aromatic N) is 2. The second-order valence-electron chi connectivity index (χ2n) is 10.7. The molecule has 1 fully saturated rings. The van der Waals surface area contributed by atoms with Gasteiger partial charge in [0.05, 0.1) is 29.4 Å². The molecule has 1 unspecified atom stereocenters. The number of benzene rings is 3. The summed E-state index contributed by atoms with van der Waals surface area (Å²) in [6, 6.07) is 24.4. The minimum atomic E-state index is -0.857. The van der Waals surface area contributed by atoms with E-state index in [1.165, 1.54) is 6.92 Å². The summed E-state index contributed by atoms with van der Waals surface area (Å²) in [4.78, 5) is 41.6. The first-order valence-electron chi connectivity index (χ1n) is 13.9. The minimum Gasteiger partial charge on any atom is -0.390 e. The standard InChI is InChI=1S/C32H39N5O4/c1-22(38)34-27-14-7-8-15-29(27)37-21-25(18-31(37)40)32(41)35-28(17-23-10-5-4-6-11-23)30(39)20-33-19-24-12-9-13-26(16-24)36(2)3/h4-16,25,28,30,33,39H,17-21H2,1-3H3,(H,34,38)(H,35,41)/t25?,28-,30+/m0/s1. The molecule has 0 bridgehead atoms. The number of carbonyl (C=O) groups is 3. The maximum absolute atomic E-state index is 13.4. The van der Waals surface area contributed by atoms with Gasteiger partial charge in [-0.1, -0.05) is 54.6 Å². The number of rotatable bonds is 12. The lowest BCUT2D eigenvalue weighted by Crippen LogP contribution is -2.50. The molecule has 216 valence electrons. The average molecular weight is 558 g/mol. The van der Waals surface area contributed by atoms with E-state index < -0.39 is 18.1 Å². The molecule has 9 heteroatoms. The van der Waals surface area contributed by atoms with Crippen LogP contribution >= 0.6 is 0 Å². The second-order valence-corrected chi connectivity index (χ2v) is 10.7. The zero-order valence-electron chi connectivity index (χ0n) is 23.8. The average Bonchev–Trinajstić information content (AvgIpc) is 3.34. The molecule has 3 amide bonds. The van der Waals surface area contributed by atoms with E-state index in [4.69, 9.17) is 0 Å². The molecule has 1 aliphatic heterocycles. The molecular formula is C32H39N5O4. The first kappa shape index (κ1) is 29.8. The largest absolute Gasteiger partial charge is 0.390 e. The van der Waals surface area contributed by atoms with Crippen LogP contribution in [-0.2, 0) is 27.3 Å². The topological polar surface area (TPSA) is 114 Å². The molecule has 3 aromatic rings. The zero-order valence-corrected chi connectivity index (χ0v) is 23.8. The van der Waals surface area contributed by atoms with Crippen LogP contribution in [0, 0.1) is 5.92 Å². The summed E-state index contributed by atoms with van der Waals surface area (Å²) < 4.78 is 0. The Labute approximate surface area is 241 Å². The fourth-order valence-electron chi connectivity index (χ4n) is 5.02. The molecule has 0 aliphatic carbocycles. The van der Waals surface area contributed by atoms with Gasteiger partial charge in [-0.25, -0.2) is 0 Å². The lowest BCUT2D eigenvalue weighted by Gasteiger charge is -2.26. The van der Waals surface area contributed by atoms with E-state index >= 15 is 0 Å². The van der Waals surface area contributed by atoms with E-state index in [9.17, 15) is 19.5 Å². The van der Waals surface area contributed by atoms with Crippen LogP contribution in [0.2, 0.25) is 0 Å². The molecule has 0 radical (unpaired) electrons. The quantitative estimate of drug-likeness (QED) is 0.272. The highest BCUT2D eigenvalue weighted by Gasteiger charge is 2.37. The van der Waals surface area contributed by atoms with E-state index in [2.05, 4.69) is 22.0 Å². The minimum absolute atomic E-state index is 0.0505. The van der Waals surface area contributed by atoms with Gasteiger partial charge in [-0.05, 0) is 41.8 Å². The summed E-state index contributed by atoms with van der Waals surface area (Å²) >= 11 is 0. The van der Waals surface area contributed by atoms with Crippen LogP contribution in [0.4, 0.5) is 17.1 Å². The van der Waals surface area contributed by atoms with Crippen molar-refractivity contribution in [3.05, 3.63) is 90.0 Å². The number of hydrogen-bond donors (Lipinski definition) is 4. The van der Waals surface area contributed by atoms with E-state index in [1.54, 1.807) is 29.2 Å². The Morgan fingerprint density at radius 1 is 1.00 bits per heavy atom. The number of hydrogen-bond acceptors (Lipinski definition) is 6. The van der Waals surface area contributed by atoms with Gasteiger partial charge in [-0.2, -0.15) is 0 Å². The Hall–Kier alpha value is -4.21. The van der Waals surface area contributed by atoms with Gasteiger partial charge in [-0.3, -0.25) is 14.4 Å². The summed E-state index contributed by atoms with van der Waals surface area (Å²) in [6.07, 6.45) is -0.360. The third kappa shape index (κ3) is 8.15. The molecule has 3 aromatic carbocycles. The number of aliphatic hydroxyl groups excluding tert-OH is 1. The van der Waals surface area contributed by atoms with Gasteiger partial charge in [0, 0.05) is 52.8 Å². The monoisotopic (exact) mass is 557 g/mol. The predicted molar refractivity (Wildman–Crippen MR) is 162 cm³/mol. The van der Waals surface area contributed by atoms with Crippen molar-refractivity contribution >= 4 is 34.8 Å². The van der Waals surface area contributed by atoms with Crippen molar-refractivity contribution in [2.75, 3.05) is 42.3 Å². The highest BCUT2D eigenvalue weighted by molar-refractivity contribution is 6.04. The molecular weight excluding hydrogens is 518 g/mol. The van der Waals surface area contributed by atoms with Crippen molar-refractivity contribution in [1.29, 1.82) is 0 Å². The smallest absolute Gasteiger partial charge is 0.227 e. The fraction of sp³-hybridized carbons (Fsp3) is 0.344. The van der Waals surface area contributed by atoms with Gasteiger partial charge < -0.3 is 30.9 Å². The van der Waals surface area contributed by atoms with Crippen molar-refractivity contribution < 1.29 is 19.5 Å². The van der Waals surface area contributed by atoms with Crippen LogP contribution in [0.25, 0.3) is 0 Å². The van der Waals surface area contributed by atoms with Gasteiger partial charge in [-0.15, -0.1) is 0 Å². The summed E-state index contributed by atoms with van der Waals surface area (Å²) in [6.45, 7) is 2.46. The molecule has 1 aliphatic rings. The molecule has 1 saturated heterocycles. The normalized spacial score (nSPS) is 16.2. The molecule has 0 saturated carbocycles. The number of anilines is 3. The van der Waals surface area contributed by atoms with Crippen molar-refractivity contribution in [2.45, 2.75) is 38.5 Å². The van der Waals surface area contributed by atoms with Crippen molar-refractivity contribution in [1.82, 2.24) is 10.6 Å². The van der Waals surface area contributed by atoms with E-state index in [0.717, 1.165) is 16.8 Å². The fourth-order valence-corrected chi connectivity index (χ4v) is 5.02. The first-order valence-corrected chi connectivity index (χ1v) is 13.9. The Morgan fingerprint density at radius 2 is 1.71 bits per heavy atom. The molecule has 0 spiro atoms. The Kier molecular flexibility index (Phi) is 10.1. The van der Waals surface area contributed by atoms with Gasteiger partial charge in [0.2, 0.25) is 17.7 Å². The summed E-state index contributed by atoms with van der Waals surface area (Å²) in [7, 11) is 3.98. The summed E-state index contributed by atoms with van der Waals surface area (Å²) in [5, 5.41) is 20.3. The van der Waals surface area contributed by atoms with Gasteiger partial charge >= 0.3 is 0 Å². The van der Waals surface area contributed by atoms with Crippen LogP contribution in [0.3, 0.4) is 0 Å². The second kappa shape index (κ2) is 13.9. The zero-order chi connectivity index (χ0) is 29.4. The van der Waals surface area contributed by atoms with Gasteiger partial charge in [0.1, 0.15) is 0 Å². The van der Waals surface area contributed by atoms with Crippen LogP contribution < -0.4 is 25.8 Å². The molecule has 3 atom stereocenters. The number of para-hydroxylation sites is 2. The van der Waals surface area contributed by atoms with E-state index in [0.29, 0.717) is 24.3 Å². The van der Waals surface area contributed by atoms with Crippen molar-refractivity contribution in [2.24, 2.45) is 5.92 Å². The van der Waals surface area contributed by atoms with E-state index in [1.807, 2.05) is 67.5 Å². The van der Waals surface area contributed by atoms with Crippen LogP contribution in [0.1, 0.15) is 24.5 Å². The third-order valence-electron chi connectivity index (χ3n) is 7.20. The lowest BCUT2D eigenvalue weighted by molar-refractivity contribution is -0.127. The Bertz CT molecular complexity index is 1350. The molecule has 41 heavy (non-hydrogen) atoms. The summed E-state index contributed by atoms with van der Waals surface area (Å²) in [5.41, 5.74) is 4.26. The molecule has 9 nitrogen and oxygen atoms in total. The van der Waals surface area contributed by atoms with Crippen LogP contribution in [0.15, 0.2) is 78.9 Å². The molecule has 1 heterocycles. The Morgan fingerprint density at radius 3 is 2.44 bits per heavy atom. The predicted octanol–water partition coefficient (Wildman–Crippen LogP) is 2.94. The molecule has 4 rings (SSSR count). The molecule has 4 N–H and O–H groups in total. The number of carbonyl (C=O) groups excluding carboxylic acids is 3. The molecule has 0 aromatic heterocycles. The van der Waals surface area contributed by atoms with Gasteiger partial charge in [0.25, 0.3) is 0 Å². The highest BCUT2D eigenvalue weighted by atomic mass is 16.3. The van der Waals surface area contributed by atoms with Crippen molar-refractivity contribution in [3.8, 4) is 0 Å². The third-order valence-corrected chi connectivity index (χ3v) is 7.20. The van der Waals surface area contributed by atoms with Crippen LogP contribution in [-0.4, -0.2) is 62.2 Å².